The summed E-state index contributed by atoms with van der Waals surface area (Å²) in [7, 11) is 3.14. The van der Waals surface area contributed by atoms with Crippen LogP contribution in [0.4, 0.5) is 18.9 Å². The zero-order valence-corrected chi connectivity index (χ0v) is 17.4. The fraction of sp³-hybridized carbons (Fsp3) is 0.632. The average Bonchev–Trinajstić information content (AvgIpc) is 2.62. The van der Waals surface area contributed by atoms with Gasteiger partial charge in [-0.15, -0.1) is 0 Å². The van der Waals surface area contributed by atoms with Crippen LogP contribution in [0.25, 0.3) is 0 Å². The number of halogens is 3. The number of hydrogen-bond acceptors (Lipinski definition) is 4. The van der Waals surface area contributed by atoms with E-state index in [-0.39, 0.29) is 17.7 Å². The minimum absolute atomic E-state index is 0.0186. The maximum Gasteiger partial charge on any atom is 0.421 e. The maximum atomic E-state index is 13.8. The maximum absolute atomic E-state index is 13.8. The minimum Gasteiger partial charge on any atom is -0.496 e. The minimum atomic E-state index is -4.81. The number of methoxy groups -OCH3 is 1. The van der Waals surface area contributed by atoms with Gasteiger partial charge in [0.1, 0.15) is 5.75 Å². The molecule has 1 aromatic rings. The number of ether oxygens (including phenoxy) is 1. The van der Waals surface area contributed by atoms with E-state index < -0.39 is 18.2 Å². The van der Waals surface area contributed by atoms with Gasteiger partial charge in [-0.25, -0.2) is 4.99 Å². The predicted octanol–water partition coefficient (Wildman–Crippen LogP) is 4.90. The number of aryl methyl sites for hydroxylation is 1. The number of benzene rings is 1. The Kier molecular flexibility index (Phi) is 8.94. The second-order valence-electron chi connectivity index (χ2n) is 6.32. The second kappa shape index (κ2) is 10.2. The van der Waals surface area contributed by atoms with Crippen LogP contribution in [0.1, 0.15) is 37.8 Å². The van der Waals surface area contributed by atoms with Gasteiger partial charge in [0.05, 0.1) is 19.1 Å². The number of rotatable bonds is 10. The molecule has 0 aliphatic rings. The van der Waals surface area contributed by atoms with Crippen molar-refractivity contribution in [2.45, 2.75) is 45.4 Å². The summed E-state index contributed by atoms with van der Waals surface area (Å²) < 4.78 is 46.6. The lowest BCUT2D eigenvalue weighted by molar-refractivity contribution is -0.269. The van der Waals surface area contributed by atoms with Gasteiger partial charge in [-0.2, -0.15) is 24.9 Å². The average molecular weight is 407 g/mol. The summed E-state index contributed by atoms with van der Waals surface area (Å²) in [6.07, 6.45) is -3.37. The molecule has 0 aromatic heterocycles. The predicted molar refractivity (Wildman–Crippen MR) is 106 cm³/mol. The van der Waals surface area contributed by atoms with Crippen LogP contribution in [0.15, 0.2) is 17.1 Å². The molecule has 1 N–H and O–H groups in total. The van der Waals surface area contributed by atoms with Crippen LogP contribution in [-0.4, -0.2) is 54.7 Å². The van der Waals surface area contributed by atoms with Crippen LogP contribution in [0.3, 0.4) is 0 Å². The van der Waals surface area contributed by atoms with Crippen molar-refractivity contribution < 1.29 is 23.0 Å². The van der Waals surface area contributed by atoms with E-state index in [1.165, 1.54) is 19.2 Å². The number of aliphatic hydroxyl groups is 1. The van der Waals surface area contributed by atoms with Gasteiger partial charge in [0.2, 0.25) is 0 Å². The standard InChI is InChI=1S/C19H29F3N2O2S/c1-6-24(4)13-23-16-12-17(26-5)15(11-14(16)3)18(25,19(20,21)22)9-8-10-27-7-2/h11-13,25H,6-10H2,1-5H3/b23-13+. The molecule has 0 saturated heterocycles. The number of alkyl halides is 3. The third-order valence-corrected chi connectivity index (χ3v) is 5.34. The summed E-state index contributed by atoms with van der Waals surface area (Å²) in [5.74, 6) is 1.36. The monoisotopic (exact) mass is 406 g/mol. The molecule has 0 amide bonds. The molecule has 0 saturated carbocycles. The Bertz CT molecular complexity index is 638. The van der Waals surface area contributed by atoms with Crippen LogP contribution in [-0.2, 0) is 5.60 Å². The summed E-state index contributed by atoms with van der Waals surface area (Å²) in [5, 5.41) is 10.6. The van der Waals surface area contributed by atoms with E-state index in [0.29, 0.717) is 17.0 Å². The van der Waals surface area contributed by atoms with Gasteiger partial charge in [-0.3, -0.25) is 0 Å². The van der Waals surface area contributed by atoms with E-state index in [4.69, 9.17) is 4.74 Å². The summed E-state index contributed by atoms with van der Waals surface area (Å²) in [6, 6.07) is 2.78. The van der Waals surface area contributed by atoms with E-state index in [0.717, 1.165) is 12.3 Å². The molecule has 1 rings (SSSR count). The Hall–Kier alpha value is -1.41. The molecule has 27 heavy (non-hydrogen) atoms. The van der Waals surface area contributed by atoms with Crippen molar-refractivity contribution in [2.24, 2.45) is 4.99 Å². The quantitative estimate of drug-likeness (QED) is 0.341. The molecule has 0 spiro atoms. The van der Waals surface area contributed by atoms with E-state index in [9.17, 15) is 18.3 Å². The zero-order valence-electron chi connectivity index (χ0n) is 16.6. The highest BCUT2D eigenvalue weighted by molar-refractivity contribution is 7.99. The molecule has 0 aliphatic carbocycles. The second-order valence-corrected chi connectivity index (χ2v) is 7.71. The van der Waals surface area contributed by atoms with Gasteiger partial charge in [-0.05, 0) is 49.8 Å². The highest BCUT2D eigenvalue weighted by atomic mass is 32.2. The number of hydrogen-bond donors (Lipinski definition) is 1. The molecule has 0 bridgehead atoms. The van der Waals surface area contributed by atoms with Crippen molar-refractivity contribution in [1.29, 1.82) is 0 Å². The van der Waals surface area contributed by atoms with Gasteiger partial charge in [-0.1, -0.05) is 6.92 Å². The molecule has 8 heteroatoms. The third kappa shape index (κ3) is 6.04. The summed E-state index contributed by atoms with van der Waals surface area (Å²) in [4.78, 5) is 6.16. The number of thioether (sulfide) groups is 1. The summed E-state index contributed by atoms with van der Waals surface area (Å²) in [5.41, 5.74) is -2.18. The molecule has 4 nitrogen and oxygen atoms in total. The normalized spacial score (nSPS) is 14.4. The van der Waals surface area contributed by atoms with Gasteiger partial charge in [0, 0.05) is 25.2 Å². The van der Waals surface area contributed by atoms with Crippen LogP contribution in [0.5, 0.6) is 5.75 Å². The van der Waals surface area contributed by atoms with Gasteiger partial charge in [0.25, 0.3) is 0 Å². The Morgan fingerprint density at radius 3 is 2.48 bits per heavy atom. The third-order valence-electron chi connectivity index (χ3n) is 4.36. The summed E-state index contributed by atoms with van der Waals surface area (Å²) >= 11 is 1.55. The molecular weight excluding hydrogens is 377 g/mol. The van der Waals surface area contributed by atoms with Crippen molar-refractivity contribution in [3.05, 3.63) is 23.3 Å². The summed E-state index contributed by atoms with van der Waals surface area (Å²) in [6.45, 7) is 6.33. The zero-order chi connectivity index (χ0) is 20.7. The lowest BCUT2D eigenvalue weighted by Gasteiger charge is -2.32. The first-order valence-electron chi connectivity index (χ1n) is 8.91. The van der Waals surface area contributed by atoms with Crippen LogP contribution >= 0.6 is 11.8 Å². The van der Waals surface area contributed by atoms with Crippen LogP contribution in [0, 0.1) is 6.92 Å². The van der Waals surface area contributed by atoms with Gasteiger partial charge in [0.15, 0.2) is 5.60 Å². The van der Waals surface area contributed by atoms with Crippen molar-refractivity contribution in [2.75, 3.05) is 32.2 Å². The SMILES string of the molecule is CCSCCCC(O)(c1cc(C)c(/N=C/N(C)CC)cc1OC)C(F)(F)F. The Morgan fingerprint density at radius 1 is 1.30 bits per heavy atom. The molecular formula is C19H29F3N2O2S. The van der Waals surface area contributed by atoms with Crippen molar-refractivity contribution in [3.63, 3.8) is 0 Å². The molecule has 1 atom stereocenters. The molecule has 1 aromatic carbocycles. The molecule has 0 aliphatic heterocycles. The highest BCUT2D eigenvalue weighted by Gasteiger charge is 2.55. The first kappa shape index (κ1) is 23.6. The Morgan fingerprint density at radius 2 is 1.96 bits per heavy atom. The van der Waals surface area contributed by atoms with E-state index in [2.05, 4.69) is 4.99 Å². The topological polar surface area (TPSA) is 45.1 Å². The van der Waals surface area contributed by atoms with Crippen LogP contribution < -0.4 is 4.74 Å². The van der Waals surface area contributed by atoms with E-state index in [1.807, 2.05) is 25.8 Å². The fourth-order valence-corrected chi connectivity index (χ4v) is 3.19. The van der Waals surface area contributed by atoms with Crippen molar-refractivity contribution in [3.8, 4) is 5.75 Å². The smallest absolute Gasteiger partial charge is 0.421 e. The van der Waals surface area contributed by atoms with Gasteiger partial charge >= 0.3 is 6.18 Å². The molecule has 154 valence electrons. The molecule has 1 unspecified atom stereocenters. The fourth-order valence-electron chi connectivity index (χ4n) is 2.55. The Labute approximate surface area is 163 Å². The molecule has 0 heterocycles. The highest BCUT2D eigenvalue weighted by Crippen LogP contribution is 2.47. The number of nitrogens with zero attached hydrogens (tertiary/aromatic N) is 2. The molecule has 0 radical (unpaired) electrons. The van der Waals surface area contributed by atoms with E-state index >= 15 is 0 Å². The van der Waals surface area contributed by atoms with Gasteiger partial charge < -0.3 is 14.7 Å². The van der Waals surface area contributed by atoms with E-state index in [1.54, 1.807) is 25.0 Å². The first-order chi connectivity index (χ1) is 12.6. The first-order valence-corrected chi connectivity index (χ1v) is 10.1. The lowest BCUT2D eigenvalue weighted by Crippen LogP contribution is -2.42. The number of aliphatic imine (C=N–C) groups is 1. The lowest BCUT2D eigenvalue weighted by atomic mass is 9.86. The Balaban J connectivity index is 3.33. The largest absolute Gasteiger partial charge is 0.496 e. The molecule has 0 fully saturated rings. The van der Waals surface area contributed by atoms with Crippen LogP contribution in [0.2, 0.25) is 0 Å². The van der Waals surface area contributed by atoms with Crippen molar-refractivity contribution in [1.82, 2.24) is 4.90 Å². The van der Waals surface area contributed by atoms with Crippen molar-refractivity contribution >= 4 is 23.8 Å².